The van der Waals surface area contributed by atoms with Crippen molar-refractivity contribution in [1.29, 1.82) is 0 Å². The molecule has 0 radical (unpaired) electrons. The zero-order chi connectivity index (χ0) is 57.1. The second-order valence-electron chi connectivity index (χ2n) is 24.9. The maximum Gasteiger partial charge on any atom is 0.306 e. The summed E-state index contributed by atoms with van der Waals surface area (Å²) >= 11 is 0. The molecule has 0 bridgehead atoms. The normalized spacial score (nSPS) is 12.0. The highest BCUT2D eigenvalue weighted by molar-refractivity contribution is 5.71. The van der Waals surface area contributed by atoms with E-state index in [1.54, 1.807) is 0 Å². The van der Waals surface area contributed by atoms with E-state index in [0.717, 1.165) is 64.2 Å². The Bertz CT molecular complexity index is 1230. The molecule has 1 atom stereocenters. The molecular formula is C73H140O6. The minimum absolute atomic E-state index is 0.0656. The first-order chi connectivity index (χ1) is 39.0. The molecule has 0 spiro atoms. The molecule has 0 saturated heterocycles. The summed E-state index contributed by atoms with van der Waals surface area (Å²) in [6.45, 7) is 6.72. The lowest BCUT2D eigenvalue weighted by Crippen LogP contribution is -2.30. The Morgan fingerprint density at radius 1 is 0.241 bits per heavy atom. The Morgan fingerprint density at radius 3 is 0.633 bits per heavy atom. The van der Waals surface area contributed by atoms with Gasteiger partial charge in [-0.25, -0.2) is 0 Å². The first-order valence-electron chi connectivity index (χ1n) is 36.2. The van der Waals surface area contributed by atoms with Crippen molar-refractivity contribution in [1.82, 2.24) is 0 Å². The molecule has 0 N–H and O–H groups in total. The highest BCUT2D eigenvalue weighted by atomic mass is 16.6. The SMILES string of the molecule is CCCCCCC/C=C\CCCCCCCC(=O)OCC(COC(=O)CCCCCCCCCCCCCCCCCCCCCCCCCCCCCC)OC(=O)CCCCCCCCCCCCCCCCCCCCC. The third-order valence-electron chi connectivity index (χ3n) is 16.8. The van der Waals surface area contributed by atoms with Crippen LogP contribution in [0.4, 0.5) is 0 Å². The van der Waals surface area contributed by atoms with Gasteiger partial charge in [-0.05, 0) is 44.9 Å². The van der Waals surface area contributed by atoms with Gasteiger partial charge in [0.15, 0.2) is 6.10 Å². The van der Waals surface area contributed by atoms with Crippen LogP contribution in [0.5, 0.6) is 0 Å². The topological polar surface area (TPSA) is 78.9 Å². The summed E-state index contributed by atoms with van der Waals surface area (Å²) in [6.07, 6.45) is 82.5. The van der Waals surface area contributed by atoms with Crippen LogP contribution in [0.1, 0.15) is 419 Å². The first-order valence-corrected chi connectivity index (χ1v) is 36.2. The summed E-state index contributed by atoms with van der Waals surface area (Å²) in [5, 5.41) is 0. The van der Waals surface area contributed by atoms with E-state index in [0.29, 0.717) is 19.3 Å². The number of rotatable bonds is 68. The van der Waals surface area contributed by atoms with Crippen molar-refractivity contribution >= 4 is 17.9 Å². The summed E-state index contributed by atoms with van der Waals surface area (Å²) in [7, 11) is 0. The minimum atomic E-state index is -0.770. The fourth-order valence-electron chi connectivity index (χ4n) is 11.3. The second-order valence-corrected chi connectivity index (χ2v) is 24.9. The molecule has 0 aromatic rings. The fraction of sp³-hybridized carbons (Fsp3) is 0.932. The van der Waals surface area contributed by atoms with Gasteiger partial charge in [0.2, 0.25) is 0 Å². The molecule has 1 unspecified atom stereocenters. The van der Waals surface area contributed by atoms with E-state index in [4.69, 9.17) is 14.2 Å². The predicted molar refractivity (Wildman–Crippen MR) is 344 cm³/mol. The molecule has 0 heterocycles. The van der Waals surface area contributed by atoms with Gasteiger partial charge < -0.3 is 14.2 Å². The van der Waals surface area contributed by atoms with Crippen molar-refractivity contribution in [2.75, 3.05) is 13.2 Å². The molecule has 468 valence electrons. The molecule has 0 amide bonds. The summed E-state index contributed by atoms with van der Waals surface area (Å²) in [6, 6.07) is 0. The number of unbranched alkanes of at least 4 members (excludes halogenated alkanes) is 55. The number of hydrogen-bond donors (Lipinski definition) is 0. The molecule has 0 aromatic carbocycles. The van der Waals surface area contributed by atoms with Crippen LogP contribution in [-0.4, -0.2) is 37.2 Å². The highest BCUT2D eigenvalue weighted by Gasteiger charge is 2.19. The fourth-order valence-corrected chi connectivity index (χ4v) is 11.3. The number of carbonyl (C=O) groups is 3. The van der Waals surface area contributed by atoms with E-state index in [9.17, 15) is 14.4 Å². The maximum atomic E-state index is 12.9. The Balaban J connectivity index is 4.18. The van der Waals surface area contributed by atoms with Gasteiger partial charge in [0, 0.05) is 19.3 Å². The van der Waals surface area contributed by atoms with Gasteiger partial charge >= 0.3 is 17.9 Å². The Hall–Kier alpha value is -1.85. The van der Waals surface area contributed by atoms with Gasteiger partial charge in [-0.15, -0.1) is 0 Å². The smallest absolute Gasteiger partial charge is 0.306 e. The van der Waals surface area contributed by atoms with Crippen LogP contribution >= 0.6 is 0 Å². The van der Waals surface area contributed by atoms with E-state index in [1.165, 1.54) is 315 Å². The lowest BCUT2D eigenvalue weighted by atomic mass is 10.0. The quantitative estimate of drug-likeness (QED) is 0.0261. The number of hydrogen-bond acceptors (Lipinski definition) is 6. The Labute approximate surface area is 494 Å². The average molecular weight is 1110 g/mol. The van der Waals surface area contributed by atoms with Crippen LogP contribution in [0.15, 0.2) is 12.2 Å². The van der Waals surface area contributed by atoms with Crippen LogP contribution in [0, 0.1) is 0 Å². The number of allylic oxidation sites excluding steroid dienone is 2. The van der Waals surface area contributed by atoms with Crippen LogP contribution in [-0.2, 0) is 28.6 Å². The zero-order valence-electron chi connectivity index (χ0n) is 53.9. The minimum Gasteiger partial charge on any atom is -0.462 e. The molecule has 0 saturated carbocycles. The van der Waals surface area contributed by atoms with Gasteiger partial charge in [-0.1, -0.05) is 367 Å². The van der Waals surface area contributed by atoms with Crippen molar-refractivity contribution in [2.24, 2.45) is 0 Å². The summed E-state index contributed by atoms with van der Waals surface area (Å²) < 4.78 is 17.0. The Morgan fingerprint density at radius 2 is 0.418 bits per heavy atom. The largest absolute Gasteiger partial charge is 0.462 e. The molecule has 0 aliphatic heterocycles. The molecule has 6 nitrogen and oxygen atoms in total. The second kappa shape index (κ2) is 68.6. The van der Waals surface area contributed by atoms with Gasteiger partial charge in [0.25, 0.3) is 0 Å². The Kier molecular flexibility index (Phi) is 67.0. The summed E-state index contributed by atoms with van der Waals surface area (Å²) in [5.74, 6) is -0.838. The number of ether oxygens (including phenoxy) is 3. The third-order valence-corrected chi connectivity index (χ3v) is 16.8. The lowest BCUT2D eigenvalue weighted by molar-refractivity contribution is -0.167. The monoisotopic (exact) mass is 1110 g/mol. The molecule has 0 rings (SSSR count). The van der Waals surface area contributed by atoms with Gasteiger partial charge in [-0.2, -0.15) is 0 Å². The number of esters is 3. The van der Waals surface area contributed by atoms with Crippen molar-refractivity contribution in [3.05, 3.63) is 12.2 Å². The van der Waals surface area contributed by atoms with Crippen LogP contribution in [0.3, 0.4) is 0 Å². The third kappa shape index (κ3) is 66.8. The van der Waals surface area contributed by atoms with Crippen molar-refractivity contribution in [3.63, 3.8) is 0 Å². The van der Waals surface area contributed by atoms with E-state index < -0.39 is 6.10 Å². The molecule has 6 heteroatoms. The van der Waals surface area contributed by atoms with E-state index in [2.05, 4.69) is 32.9 Å². The van der Waals surface area contributed by atoms with E-state index in [1.807, 2.05) is 0 Å². The van der Waals surface area contributed by atoms with Crippen molar-refractivity contribution < 1.29 is 28.6 Å². The van der Waals surface area contributed by atoms with Crippen molar-refractivity contribution in [3.8, 4) is 0 Å². The van der Waals surface area contributed by atoms with E-state index in [-0.39, 0.29) is 31.1 Å². The molecule has 0 fully saturated rings. The average Bonchev–Trinajstić information content (AvgIpc) is 3.45. The highest BCUT2D eigenvalue weighted by Crippen LogP contribution is 2.19. The standard InChI is InChI=1S/C73H140O6/c1-4-7-10-13-16-19-22-25-28-30-32-33-34-35-36-37-38-39-40-42-43-45-48-51-54-57-60-63-66-72(75)78-69-70(68-77-71(74)65-62-59-56-53-50-47-27-24-21-18-15-12-9-6-3)79-73(76)67-64-61-58-55-52-49-46-44-41-31-29-26-23-20-17-14-11-8-5-2/h24,27,70H,4-23,25-26,28-69H2,1-3H3/b27-24-. The molecule has 79 heavy (non-hydrogen) atoms. The number of carbonyl (C=O) groups excluding carboxylic acids is 3. The van der Waals surface area contributed by atoms with E-state index >= 15 is 0 Å². The van der Waals surface area contributed by atoms with Crippen molar-refractivity contribution in [2.45, 2.75) is 425 Å². The molecular weight excluding hydrogens is 973 g/mol. The molecule has 0 aliphatic carbocycles. The predicted octanol–water partition coefficient (Wildman–Crippen LogP) is 24.8. The van der Waals surface area contributed by atoms with Gasteiger partial charge in [-0.3, -0.25) is 14.4 Å². The lowest BCUT2D eigenvalue weighted by Gasteiger charge is -2.18. The van der Waals surface area contributed by atoms with Crippen LogP contribution in [0.25, 0.3) is 0 Å². The van der Waals surface area contributed by atoms with Crippen LogP contribution < -0.4 is 0 Å². The van der Waals surface area contributed by atoms with Crippen LogP contribution in [0.2, 0.25) is 0 Å². The van der Waals surface area contributed by atoms with Gasteiger partial charge in [0.1, 0.15) is 13.2 Å². The maximum absolute atomic E-state index is 12.9. The molecule has 0 aliphatic rings. The van der Waals surface area contributed by atoms with Gasteiger partial charge in [0.05, 0.1) is 0 Å². The summed E-state index contributed by atoms with van der Waals surface area (Å²) in [4.78, 5) is 38.4. The zero-order valence-corrected chi connectivity index (χ0v) is 53.9. The molecule has 0 aromatic heterocycles. The first kappa shape index (κ1) is 77.2. The summed E-state index contributed by atoms with van der Waals surface area (Å²) in [5.41, 5.74) is 0.